The van der Waals surface area contributed by atoms with E-state index in [1.165, 1.54) is 30.3 Å². The summed E-state index contributed by atoms with van der Waals surface area (Å²) >= 11 is 0. The third-order valence-electron chi connectivity index (χ3n) is 2.68. The number of amides is 1. The Bertz CT molecular complexity index is 639. The number of hydrogen-bond acceptors (Lipinski definition) is 3. The lowest BCUT2D eigenvalue weighted by Gasteiger charge is -2.08. The maximum atomic E-state index is 12.3. The predicted octanol–water partition coefficient (Wildman–Crippen LogP) is 2.74. The van der Waals surface area contributed by atoms with Crippen LogP contribution in [0.3, 0.4) is 0 Å². The van der Waals surface area contributed by atoms with E-state index in [2.05, 4.69) is 10.3 Å². The van der Waals surface area contributed by atoms with Gasteiger partial charge in [-0.15, -0.1) is 0 Å². The minimum absolute atomic E-state index is 0.0413. The van der Waals surface area contributed by atoms with E-state index in [9.17, 15) is 23.1 Å². The van der Waals surface area contributed by atoms with Crippen molar-refractivity contribution in [2.45, 2.75) is 12.7 Å². The average molecular weight is 296 g/mol. The van der Waals surface area contributed by atoms with E-state index in [0.29, 0.717) is 5.56 Å². The largest absolute Gasteiger partial charge is 0.508 e. The Balaban J connectivity index is 1.98. The first-order valence-electron chi connectivity index (χ1n) is 5.95. The van der Waals surface area contributed by atoms with Crippen LogP contribution in [-0.4, -0.2) is 16.0 Å². The molecule has 0 unspecified atom stereocenters. The molecule has 0 saturated heterocycles. The highest BCUT2D eigenvalue weighted by Crippen LogP contribution is 2.27. The van der Waals surface area contributed by atoms with E-state index < -0.39 is 17.8 Å². The normalized spacial score (nSPS) is 11.2. The number of carbonyl (C=O) groups is 1. The molecule has 7 heteroatoms. The third-order valence-corrected chi connectivity index (χ3v) is 2.68. The fourth-order valence-electron chi connectivity index (χ4n) is 1.63. The quantitative estimate of drug-likeness (QED) is 0.915. The van der Waals surface area contributed by atoms with Crippen LogP contribution in [0, 0.1) is 0 Å². The summed E-state index contributed by atoms with van der Waals surface area (Å²) < 4.78 is 37.0. The maximum absolute atomic E-state index is 12.3. The van der Waals surface area contributed by atoms with E-state index in [0.717, 1.165) is 12.3 Å². The Kier molecular flexibility index (Phi) is 4.11. The highest BCUT2D eigenvalue weighted by molar-refractivity contribution is 5.94. The van der Waals surface area contributed by atoms with E-state index in [-0.39, 0.29) is 17.9 Å². The smallest absolute Gasteiger partial charge is 0.433 e. The summed E-state index contributed by atoms with van der Waals surface area (Å²) in [5, 5.41) is 11.8. The highest BCUT2D eigenvalue weighted by Gasteiger charge is 2.31. The average Bonchev–Trinajstić information content (AvgIpc) is 2.44. The molecule has 0 bridgehead atoms. The second-order valence-corrected chi connectivity index (χ2v) is 4.28. The van der Waals surface area contributed by atoms with Crippen LogP contribution < -0.4 is 5.32 Å². The van der Waals surface area contributed by atoms with Crippen molar-refractivity contribution < 1.29 is 23.1 Å². The number of benzene rings is 1. The summed E-state index contributed by atoms with van der Waals surface area (Å²) in [6.45, 7) is 0.0413. The van der Waals surface area contributed by atoms with Gasteiger partial charge in [-0.25, -0.2) is 0 Å². The standard InChI is InChI=1S/C14H11F3N2O2/c15-14(16,17)12-5-4-9(7-18-12)8-19-13(21)10-2-1-3-11(20)6-10/h1-7,20H,8H2,(H,19,21). The van der Waals surface area contributed by atoms with Gasteiger partial charge in [0.1, 0.15) is 11.4 Å². The number of phenolic OH excluding ortho intramolecular Hbond substituents is 1. The Morgan fingerprint density at radius 2 is 2.00 bits per heavy atom. The molecule has 110 valence electrons. The molecule has 0 aliphatic rings. The van der Waals surface area contributed by atoms with E-state index in [4.69, 9.17) is 0 Å². The fourth-order valence-corrected chi connectivity index (χ4v) is 1.63. The number of nitrogens with one attached hydrogen (secondary N) is 1. The number of aromatic hydroxyl groups is 1. The number of nitrogens with zero attached hydrogens (tertiary/aromatic N) is 1. The van der Waals surface area contributed by atoms with Gasteiger partial charge in [0.2, 0.25) is 0 Å². The van der Waals surface area contributed by atoms with Crippen molar-refractivity contribution in [3.05, 3.63) is 59.4 Å². The van der Waals surface area contributed by atoms with E-state index in [1.54, 1.807) is 0 Å². The zero-order chi connectivity index (χ0) is 15.5. The molecule has 0 saturated carbocycles. The molecule has 0 atom stereocenters. The second kappa shape index (κ2) is 5.82. The number of aromatic nitrogens is 1. The first-order valence-corrected chi connectivity index (χ1v) is 5.95. The van der Waals surface area contributed by atoms with Crippen LogP contribution in [0.1, 0.15) is 21.6 Å². The molecule has 0 spiro atoms. The van der Waals surface area contributed by atoms with Gasteiger partial charge in [0.25, 0.3) is 5.91 Å². The molecule has 4 nitrogen and oxygen atoms in total. The molecule has 2 N–H and O–H groups in total. The van der Waals surface area contributed by atoms with Gasteiger partial charge in [-0.3, -0.25) is 9.78 Å². The summed E-state index contributed by atoms with van der Waals surface area (Å²) in [4.78, 5) is 15.1. The molecule has 1 aromatic heterocycles. The van der Waals surface area contributed by atoms with Crippen molar-refractivity contribution in [1.29, 1.82) is 0 Å². The summed E-state index contributed by atoms with van der Waals surface area (Å²) in [6.07, 6.45) is -3.42. The lowest BCUT2D eigenvalue weighted by Crippen LogP contribution is -2.22. The summed E-state index contributed by atoms with van der Waals surface area (Å²) in [6, 6.07) is 7.86. The predicted molar refractivity (Wildman–Crippen MR) is 68.5 cm³/mol. The molecule has 1 amide bonds. The highest BCUT2D eigenvalue weighted by atomic mass is 19.4. The van der Waals surface area contributed by atoms with Gasteiger partial charge >= 0.3 is 6.18 Å². The topological polar surface area (TPSA) is 62.2 Å². The molecule has 0 aliphatic carbocycles. The zero-order valence-corrected chi connectivity index (χ0v) is 10.7. The molecule has 0 fully saturated rings. The van der Waals surface area contributed by atoms with Gasteiger partial charge in [-0.05, 0) is 29.8 Å². The number of hydrogen-bond donors (Lipinski definition) is 2. The van der Waals surface area contributed by atoms with Gasteiger partial charge in [-0.2, -0.15) is 13.2 Å². The number of alkyl halides is 3. The first-order chi connectivity index (χ1) is 9.86. The van der Waals surface area contributed by atoms with Crippen molar-refractivity contribution in [3.63, 3.8) is 0 Å². The van der Waals surface area contributed by atoms with E-state index >= 15 is 0 Å². The number of halogens is 3. The lowest BCUT2D eigenvalue weighted by molar-refractivity contribution is -0.141. The lowest BCUT2D eigenvalue weighted by atomic mass is 10.2. The van der Waals surface area contributed by atoms with Crippen LogP contribution in [0.25, 0.3) is 0 Å². The van der Waals surface area contributed by atoms with E-state index in [1.807, 2.05) is 0 Å². The van der Waals surface area contributed by atoms with Crippen LogP contribution in [0.2, 0.25) is 0 Å². The van der Waals surface area contributed by atoms with Crippen LogP contribution in [-0.2, 0) is 12.7 Å². The van der Waals surface area contributed by atoms with Crippen LogP contribution >= 0.6 is 0 Å². The molecular formula is C14H11F3N2O2. The molecular weight excluding hydrogens is 285 g/mol. The van der Waals surface area contributed by atoms with Crippen molar-refractivity contribution in [3.8, 4) is 5.75 Å². The SMILES string of the molecule is O=C(NCc1ccc(C(F)(F)F)nc1)c1cccc(O)c1. The minimum atomic E-state index is -4.48. The zero-order valence-electron chi connectivity index (χ0n) is 10.7. The minimum Gasteiger partial charge on any atom is -0.508 e. The van der Waals surface area contributed by atoms with Crippen molar-refractivity contribution in [1.82, 2.24) is 10.3 Å². The number of rotatable bonds is 3. The Morgan fingerprint density at radius 3 is 2.57 bits per heavy atom. The molecule has 21 heavy (non-hydrogen) atoms. The number of phenols is 1. The van der Waals surface area contributed by atoms with Crippen LogP contribution in [0.15, 0.2) is 42.6 Å². The fraction of sp³-hybridized carbons (Fsp3) is 0.143. The van der Waals surface area contributed by atoms with Crippen LogP contribution in [0.4, 0.5) is 13.2 Å². The monoisotopic (exact) mass is 296 g/mol. The summed E-state index contributed by atoms with van der Waals surface area (Å²) in [7, 11) is 0. The first kappa shape index (κ1) is 14.8. The number of pyridine rings is 1. The van der Waals surface area contributed by atoms with Crippen molar-refractivity contribution in [2.75, 3.05) is 0 Å². The second-order valence-electron chi connectivity index (χ2n) is 4.28. The number of carbonyl (C=O) groups excluding carboxylic acids is 1. The summed E-state index contributed by atoms with van der Waals surface area (Å²) in [5.74, 6) is -0.482. The van der Waals surface area contributed by atoms with Crippen molar-refractivity contribution >= 4 is 5.91 Å². The molecule has 1 aromatic carbocycles. The van der Waals surface area contributed by atoms with Gasteiger partial charge in [0, 0.05) is 18.3 Å². The maximum Gasteiger partial charge on any atom is 0.433 e. The van der Waals surface area contributed by atoms with Crippen molar-refractivity contribution in [2.24, 2.45) is 0 Å². The molecule has 0 radical (unpaired) electrons. The van der Waals surface area contributed by atoms with Gasteiger partial charge < -0.3 is 10.4 Å². The molecule has 2 aromatic rings. The Morgan fingerprint density at radius 1 is 1.24 bits per heavy atom. The Hall–Kier alpha value is -2.57. The van der Waals surface area contributed by atoms with Gasteiger partial charge in [0.15, 0.2) is 0 Å². The van der Waals surface area contributed by atoms with Gasteiger partial charge in [-0.1, -0.05) is 12.1 Å². The molecule has 0 aliphatic heterocycles. The third kappa shape index (κ3) is 3.95. The molecule has 2 rings (SSSR count). The molecule has 1 heterocycles. The van der Waals surface area contributed by atoms with Gasteiger partial charge in [0.05, 0.1) is 0 Å². The Labute approximate surface area is 118 Å². The summed E-state index contributed by atoms with van der Waals surface area (Å²) in [5.41, 5.74) is -0.281. The van der Waals surface area contributed by atoms with Crippen LogP contribution in [0.5, 0.6) is 5.75 Å².